The summed E-state index contributed by atoms with van der Waals surface area (Å²) in [6, 6.07) is 0.490. The molecule has 2 heterocycles. The van der Waals surface area contributed by atoms with Crippen LogP contribution in [-0.2, 0) is 7.05 Å². The van der Waals surface area contributed by atoms with Gasteiger partial charge in [0.2, 0.25) is 0 Å². The number of aromatic nitrogens is 2. The first-order valence-electron chi connectivity index (χ1n) is 5.07. The Kier molecular flexibility index (Phi) is 2.64. The highest BCUT2D eigenvalue weighted by molar-refractivity contribution is 5.03. The summed E-state index contributed by atoms with van der Waals surface area (Å²) in [5.74, 6) is 0. The maximum Gasteiger partial charge on any atom is 0.0947 e. The summed E-state index contributed by atoms with van der Waals surface area (Å²) in [5.41, 5.74) is 1.20. The van der Waals surface area contributed by atoms with Crippen LogP contribution >= 0.6 is 0 Å². The molecule has 1 unspecified atom stereocenters. The van der Waals surface area contributed by atoms with Crippen molar-refractivity contribution in [2.24, 2.45) is 7.05 Å². The fourth-order valence-corrected chi connectivity index (χ4v) is 1.89. The largest absolute Gasteiger partial charge is 0.340 e. The second kappa shape index (κ2) is 3.92. The van der Waals surface area contributed by atoms with Gasteiger partial charge in [-0.05, 0) is 19.4 Å². The molecule has 1 saturated heterocycles. The number of nitrogens with zero attached hydrogens (tertiary/aromatic N) is 2. The summed E-state index contributed by atoms with van der Waals surface area (Å²) in [4.78, 5) is 4.38. The van der Waals surface area contributed by atoms with E-state index in [-0.39, 0.29) is 0 Å². The molecule has 0 bridgehead atoms. The normalized spacial score (nSPS) is 24.2. The highest BCUT2D eigenvalue weighted by Gasteiger charge is 2.14. The maximum absolute atomic E-state index is 4.38. The number of aryl methyl sites for hydroxylation is 1. The van der Waals surface area contributed by atoms with Crippen LogP contribution in [0.3, 0.4) is 0 Å². The molecule has 0 amide bonds. The van der Waals surface area contributed by atoms with Crippen LogP contribution in [0.1, 0.15) is 37.4 Å². The Balaban J connectivity index is 2.06. The van der Waals surface area contributed by atoms with Gasteiger partial charge in [-0.25, -0.2) is 4.98 Å². The van der Waals surface area contributed by atoms with Gasteiger partial charge < -0.3 is 9.88 Å². The smallest absolute Gasteiger partial charge is 0.0947 e. The van der Waals surface area contributed by atoms with Crippen LogP contribution in [0.4, 0.5) is 0 Å². The number of hydrogen-bond donors (Lipinski definition) is 1. The van der Waals surface area contributed by atoms with Crippen LogP contribution in [0.15, 0.2) is 12.5 Å². The van der Waals surface area contributed by atoms with Gasteiger partial charge in [-0.1, -0.05) is 12.8 Å². The Hall–Kier alpha value is -0.830. The molecule has 1 aliphatic rings. The predicted molar refractivity (Wildman–Crippen MR) is 52.4 cm³/mol. The van der Waals surface area contributed by atoms with E-state index in [1.165, 1.54) is 31.4 Å². The van der Waals surface area contributed by atoms with E-state index in [2.05, 4.69) is 16.5 Å². The Labute approximate surface area is 79.2 Å². The Morgan fingerprint density at radius 1 is 1.46 bits per heavy atom. The van der Waals surface area contributed by atoms with Crippen molar-refractivity contribution in [2.75, 3.05) is 6.54 Å². The zero-order valence-corrected chi connectivity index (χ0v) is 8.16. The van der Waals surface area contributed by atoms with Gasteiger partial charge in [-0.15, -0.1) is 0 Å². The van der Waals surface area contributed by atoms with Crippen molar-refractivity contribution in [2.45, 2.75) is 31.7 Å². The molecule has 13 heavy (non-hydrogen) atoms. The quantitative estimate of drug-likeness (QED) is 0.710. The van der Waals surface area contributed by atoms with E-state index in [0.29, 0.717) is 6.04 Å². The molecule has 0 aliphatic carbocycles. The lowest BCUT2D eigenvalue weighted by atomic mass is 10.1. The first-order chi connectivity index (χ1) is 6.36. The average Bonchev–Trinajstić information content (AvgIpc) is 2.43. The standard InChI is InChI=1S/C10H17N3/c1-13-7-10(12-8-13)9-5-3-2-4-6-11-9/h7-9,11H,2-6H2,1H3. The van der Waals surface area contributed by atoms with E-state index in [1.807, 2.05) is 17.9 Å². The number of imidazole rings is 1. The first-order valence-corrected chi connectivity index (χ1v) is 5.07. The van der Waals surface area contributed by atoms with E-state index in [9.17, 15) is 0 Å². The van der Waals surface area contributed by atoms with Gasteiger partial charge in [-0.3, -0.25) is 0 Å². The number of nitrogens with one attached hydrogen (secondary N) is 1. The third-order valence-corrected chi connectivity index (χ3v) is 2.64. The fourth-order valence-electron chi connectivity index (χ4n) is 1.89. The van der Waals surface area contributed by atoms with Gasteiger partial charge in [-0.2, -0.15) is 0 Å². The van der Waals surface area contributed by atoms with Crippen molar-refractivity contribution in [1.29, 1.82) is 0 Å². The van der Waals surface area contributed by atoms with E-state index in [1.54, 1.807) is 0 Å². The molecule has 0 saturated carbocycles. The summed E-state index contributed by atoms with van der Waals surface area (Å²) < 4.78 is 2.02. The monoisotopic (exact) mass is 179 g/mol. The third kappa shape index (κ3) is 2.10. The van der Waals surface area contributed by atoms with Gasteiger partial charge in [0.25, 0.3) is 0 Å². The van der Waals surface area contributed by atoms with Crippen molar-refractivity contribution in [3.63, 3.8) is 0 Å². The van der Waals surface area contributed by atoms with Crippen LogP contribution in [0.25, 0.3) is 0 Å². The number of hydrogen-bond acceptors (Lipinski definition) is 2. The molecule has 1 aliphatic heterocycles. The van der Waals surface area contributed by atoms with E-state index in [0.717, 1.165) is 6.54 Å². The molecule has 0 radical (unpaired) electrons. The van der Waals surface area contributed by atoms with Crippen molar-refractivity contribution >= 4 is 0 Å². The predicted octanol–water partition coefficient (Wildman–Crippen LogP) is 1.62. The molecule has 0 spiro atoms. The molecular weight excluding hydrogens is 162 g/mol. The first kappa shape index (κ1) is 8.75. The van der Waals surface area contributed by atoms with E-state index >= 15 is 0 Å². The van der Waals surface area contributed by atoms with Gasteiger partial charge in [0, 0.05) is 13.2 Å². The highest BCUT2D eigenvalue weighted by Crippen LogP contribution is 2.20. The van der Waals surface area contributed by atoms with Gasteiger partial charge in [0.15, 0.2) is 0 Å². The second-order valence-electron chi connectivity index (χ2n) is 3.82. The summed E-state index contributed by atoms with van der Waals surface area (Å²) in [6.45, 7) is 1.14. The Morgan fingerprint density at radius 3 is 3.15 bits per heavy atom. The molecule has 1 aromatic heterocycles. The SMILES string of the molecule is Cn1cnc(C2CCCCCN2)c1. The molecule has 72 valence electrons. The van der Waals surface area contributed by atoms with Crippen LogP contribution < -0.4 is 5.32 Å². The van der Waals surface area contributed by atoms with Crippen LogP contribution in [0.2, 0.25) is 0 Å². The van der Waals surface area contributed by atoms with Crippen molar-refractivity contribution in [3.8, 4) is 0 Å². The second-order valence-corrected chi connectivity index (χ2v) is 3.82. The minimum absolute atomic E-state index is 0.490. The van der Waals surface area contributed by atoms with Crippen LogP contribution in [0.5, 0.6) is 0 Å². The molecule has 3 nitrogen and oxygen atoms in total. The molecule has 1 atom stereocenters. The van der Waals surface area contributed by atoms with Crippen LogP contribution in [-0.4, -0.2) is 16.1 Å². The lowest BCUT2D eigenvalue weighted by molar-refractivity contribution is 0.523. The average molecular weight is 179 g/mol. The van der Waals surface area contributed by atoms with Crippen molar-refractivity contribution in [3.05, 3.63) is 18.2 Å². The zero-order valence-electron chi connectivity index (χ0n) is 8.16. The third-order valence-electron chi connectivity index (χ3n) is 2.64. The summed E-state index contributed by atoms with van der Waals surface area (Å²) in [7, 11) is 2.02. The Morgan fingerprint density at radius 2 is 2.38 bits per heavy atom. The van der Waals surface area contributed by atoms with E-state index < -0.39 is 0 Å². The lowest BCUT2D eigenvalue weighted by Gasteiger charge is -2.12. The minimum atomic E-state index is 0.490. The molecule has 0 aromatic carbocycles. The molecule has 1 aromatic rings. The maximum atomic E-state index is 4.38. The topological polar surface area (TPSA) is 29.9 Å². The highest BCUT2D eigenvalue weighted by atomic mass is 15.0. The molecule has 1 N–H and O–H groups in total. The molecule has 2 rings (SSSR count). The minimum Gasteiger partial charge on any atom is -0.340 e. The summed E-state index contributed by atoms with van der Waals surface area (Å²) >= 11 is 0. The van der Waals surface area contributed by atoms with Gasteiger partial charge >= 0.3 is 0 Å². The van der Waals surface area contributed by atoms with Crippen molar-refractivity contribution < 1.29 is 0 Å². The van der Waals surface area contributed by atoms with Gasteiger partial charge in [0.1, 0.15) is 0 Å². The fraction of sp³-hybridized carbons (Fsp3) is 0.700. The summed E-state index contributed by atoms with van der Waals surface area (Å²) in [6.07, 6.45) is 9.22. The van der Waals surface area contributed by atoms with Crippen molar-refractivity contribution in [1.82, 2.24) is 14.9 Å². The lowest BCUT2D eigenvalue weighted by Crippen LogP contribution is -2.20. The summed E-state index contributed by atoms with van der Waals surface area (Å²) in [5, 5.41) is 3.54. The van der Waals surface area contributed by atoms with Gasteiger partial charge in [0.05, 0.1) is 18.1 Å². The zero-order chi connectivity index (χ0) is 9.10. The molecule has 1 fully saturated rings. The molecule has 3 heteroatoms. The molecular formula is C10H17N3. The van der Waals surface area contributed by atoms with E-state index in [4.69, 9.17) is 0 Å². The van der Waals surface area contributed by atoms with Crippen LogP contribution in [0, 0.1) is 0 Å². The Bertz CT molecular complexity index is 259. The number of rotatable bonds is 1.